The highest BCUT2D eigenvalue weighted by Gasteiger charge is 2.32. The van der Waals surface area contributed by atoms with E-state index in [1.165, 1.54) is 109 Å². The number of aliphatic hydroxyl groups is 2. The summed E-state index contributed by atoms with van der Waals surface area (Å²) < 4.78 is 0. The topological polar surface area (TPSA) is 40.5 Å². The van der Waals surface area contributed by atoms with Gasteiger partial charge in [-0.2, -0.15) is 0 Å². The normalized spacial score (nSPS) is 13.1. The molecule has 0 spiro atoms. The van der Waals surface area contributed by atoms with E-state index in [1.54, 1.807) is 0 Å². The molecule has 2 nitrogen and oxygen atoms in total. The molecule has 1 atom stereocenters. The molecule has 0 aliphatic heterocycles. The quantitative estimate of drug-likeness (QED) is 0.109. The highest BCUT2D eigenvalue weighted by molar-refractivity contribution is 4.76. The lowest BCUT2D eigenvalue weighted by atomic mass is 9.84. The van der Waals surface area contributed by atoms with Gasteiger partial charge in [-0.05, 0) is 19.3 Å². The smallest absolute Gasteiger partial charge is 0.165 e. The molecule has 0 rings (SSSR count). The van der Waals surface area contributed by atoms with E-state index < -0.39 is 5.79 Å². The molecule has 2 N–H and O–H groups in total. The Morgan fingerprint density at radius 3 is 1.06 bits per heavy atom. The van der Waals surface area contributed by atoms with Gasteiger partial charge in [0.15, 0.2) is 5.79 Å². The second-order valence-corrected chi connectivity index (χ2v) is 10.3. The molecule has 0 aliphatic carbocycles. The molecule has 0 amide bonds. The van der Waals surface area contributed by atoms with E-state index >= 15 is 0 Å². The second kappa shape index (κ2) is 23.1. The van der Waals surface area contributed by atoms with Crippen LogP contribution in [0.1, 0.15) is 175 Å². The van der Waals surface area contributed by atoms with Crippen molar-refractivity contribution in [3.05, 3.63) is 0 Å². The molecule has 0 aliphatic rings. The van der Waals surface area contributed by atoms with Crippen molar-refractivity contribution < 1.29 is 10.2 Å². The van der Waals surface area contributed by atoms with E-state index in [9.17, 15) is 10.2 Å². The van der Waals surface area contributed by atoms with Crippen molar-refractivity contribution in [3.63, 3.8) is 0 Å². The van der Waals surface area contributed by atoms with Gasteiger partial charge < -0.3 is 10.2 Å². The molecule has 0 heterocycles. The van der Waals surface area contributed by atoms with Crippen molar-refractivity contribution in [2.24, 2.45) is 5.92 Å². The predicted molar refractivity (Wildman–Crippen MR) is 138 cm³/mol. The van der Waals surface area contributed by atoms with Crippen molar-refractivity contribution in [3.8, 4) is 0 Å². The van der Waals surface area contributed by atoms with Crippen molar-refractivity contribution >= 4 is 0 Å². The largest absolute Gasteiger partial charge is 0.365 e. The van der Waals surface area contributed by atoms with E-state index in [1.807, 2.05) is 0 Å². The summed E-state index contributed by atoms with van der Waals surface area (Å²) in [6.45, 7) is 6.78. The molecule has 31 heavy (non-hydrogen) atoms. The van der Waals surface area contributed by atoms with Gasteiger partial charge in [-0.3, -0.25) is 0 Å². The molecule has 0 saturated heterocycles. The Morgan fingerprint density at radius 1 is 0.419 bits per heavy atom. The van der Waals surface area contributed by atoms with Crippen molar-refractivity contribution in [2.45, 2.75) is 181 Å². The van der Waals surface area contributed by atoms with Crippen molar-refractivity contribution in [1.29, 1.82) is 0 Å². The van der Waals surface area contributed by atoms with Gasteiger partial charge in [0.25, 0.3) is 0 Å². The minimum atomic E-state index is -1.45. The highest BCUT2D eigenvalue weighted by Crippen LogP contribution is 2.31. The molecule has 0 saturated carbocycles. The van der Waals surface area contributed by atoms with Crippen LogP contribution in [0.5, 0.6) is 0 Å². The fraction of sp³-hybridized carbons (Fsp3) is 1.00. The van der Waals surface area contributed by atoms with E-state index in [4.69, 9.17) is 0 Å². The van der Waals surface area contributed by atoms with Crippen LogP contribution >= 0.6 is 0 Å². The molecule has 0 radical (unpaired) electrons. The Labute approximate surface area is 197 Å². The summed E-state index contributed by atoms with van der Waals surface area (Å²) in [5.41, 5.74) is 0. The first-order valence-electron chi connectivity index (χ1n) is 14.5. The molecule has 2 heteroatoms. The molecule has 0 fully saturated rings. The van der Waals surface area contributed by atoms with Gasteiger partial charge in [-0.1, -0.05) is 149 Å². The first-order valence-corrected chi connectivity index (χ1v) is 14.5. The maximum atomic E-state index is 10.9. The zero-order chi connectivity index (χ0) is 23.0. The highest BCUT2D eigenvalue weighted by atomic mass is 16.5. The fourth-order valence-corrected chi connectivity index (χ4v) is 4.85. The average molecular weight is 441 g/mol. The van der Waals surface area contributed by atoms with Gasteiger partial charge in [0.1, 0.15) is 0 Å². The van der Waals surface area contributed by atoms with E-state index in [0.29, 0.717) is 6.42 Å². The summed E-state index contributed by atoms with van der Waals surface area (Å²) in [7, 11) is 0. The van der Waals surface area contributed by atoms with Crippen LogP contribution in [0.25, 0.3) is 0 Å². The molecule has 0 aromatic carbocycles. The number of hydrogen-bond donors (Lipinski definition) is 2. The summed E-state index contributed by atoms with van der Waals surface area (Å²) in [5, 5.41) is 21.8. The molecule has 0 bridgehead atoms. The van der Waals surface area contributed by atoms with Crippen LogP contribution in [0.3, 0.4) is 0 Å². The van der Waals surface area contributed by atoms with Gasteiger partial charge in [-0.25, -0.2) is 0 Å². The maximum Gasteiger partial charge on any atom is 0.165 e. The minimum absolute atomic E-state index is 0.0684. The van der Waals surface area contributed by atoms with Gasteiger partial charge in [-0.15, -0.1) is 0 Å². The van der Waals surface area contributed by atoms with E-state index in [2.05, 4.69) is 20.8 Å². The van der Waals surface area contributed by atoms with Gasteiger partial charge in [0, 0.05) is 12.3 Å². The van der Waals surface area contributed by atoms with Gasteiger partial charge >= 0.3 is 0 Å². The van der Waals surface area contributed by atoms with Crippen molar-refractivity contribution in [1.82, 2.24) is 0 Å². The number of rotatable bonds is 25. The average Bonchev–Trinajstić information content (AvgIpc) is 2.75. The lowest BCUT2D eigenvalue weighted by molar-refractivity contribution is -0.209. The van der Waals surface area contributed by atoms with Crippen molar-refractivity contribution in [2.75, 3.05) is 0 Å². The zero-order valence-electron chi connectivity index (χ0n) is 21.9. The fourth-order valence-electron chi connectivity index (χ4n) is 4.85. The summed E-state index contributed by atoms with van der Waals surface area (Å²) in [5.74, 6) is -1.38. The summed E-state index contributed by atoms with van der Waals surface area (Å²) >= 11 is 0. The standard InChI is InChI=1S/C29H60O2/c1-4-7-10-13-16-18-20-23-26-28(25-22-19-17-14-11-8-5-2)29(30,31)27-24-21-15-12-9-6-3/h28,30-31H,4-27H2,1-3H3. The van der Waals surface area contributed by atoms with Crippen LogP contribution in [0, 0.1) is 5.92 Å². The second-order valence-electron chi connectivity index (χ2n) is 10.3. The Kier molecular flexibility index (Phi) is 23.0. The number of hydrogen-bond acceptors (Lipinski definition) is 2. The molecule has 188 valence electrons. The Bertz CT molecular complexity index is 340. The molecular formula is C29H60O2. The third-order valence-electron chi connectivity index (χ3n) is 7.11. The van der Waals surface area contributed by atoms with Gasteiger partial charge in [0.2, 0.25) is 0 Å². The van der Waals surface area contributed by atoms with Crippen LogP contribution in [0.4, 0.5) is 0 Å². The monoisotopic (exact) mass is 440 g/mol. The number of unbranched alkanes of at least 4 members (excludes halogenated alkanes) is 18. The Hall–Kier alpha value is -0.0800. The van der Waals surface area contributed by atoms with Crippen LogP contribution in [-0.4, -0.2) is 16.0 Å². The summed E-state index contributed by atoms with van der Waals surface area (Å²) in [6.07, 6.45) is 29.4. The van der Waals surface area contributed by atoms with Crippen LogP contribution < -0.4 is 0 Å². The molecular weight excluding hydrogens is 380 g/mol. The first-order chi connectivity index (χ1) is 15.1. The molecule has 0 aromatic rings. The summed E-state index contributed by atoms with van der Waals surface area (Å²) in [4.78, 5) is 0. The van der Waals surface area contributed by atoms with Crippen LogP contribution in [0.2, 0.25) is 0 Å². The third-order valence-corrected chi connectivity index (χ3v) is 7.11. The van der Waals surface area contributed by atoms with E-state index in [-0.39, 0.29) is 5.92 Å². The lowest BCUT2D eigenvalue weighted by Gasteiger charge is -2.32. The Morgan fingerprint density at radius 2 is 0.710 bits per heavy atom. The van der Waals surface area contributed by atoms with E-state index in [0.717, 1.165) is 38.5 Å². The van der Waals surface area contributed by atoms with Gasteiger partial charge in [0.05, 0.1) is 0 Å². The predicted octanol–water partition coefficient (Wildman–Crippen LogP) is 9.71. The molecule has 1 unspecified atom stereocenters. The maximum absolute atomic E-state index is 10.9. The minimum Gasteiger partial charge on any atom is -0.365 e. The van der Waals surface area contributed by atoms with Crippen LogP contribution in [-0.2, 0) is 0 Å². The SMILES string of the molecule is CCCCCCCCCCC(CCCCCCCCC)C(O)(O)CCCCCCCC. The first kappa shape index (κ1) is 30.9. The summed E-state index contributed by atoms with van der Waals surface area (Å²) in [6, 6.07) is 0. The lowest BCUT2D eigenvalue weighted by Crippen LogP contribution is -2.37. The molecule has 0 aromatic heterocycles. The zero-order valence-corrected chi connectivity index (χ0v) is 21.9. The van der Waals surface area contributed by atoms with Crippen LogP contribution in [0.15, 0.2) is 0 Å². The third kappa shape index (κ3) is 20.3. The Balaban J connectivity index is 4.23.